The molecule has 0 unspecified atom stereocenters. The van der Waals surface area contributed by atoms with Crippen LogP contribution in [0.25, 0.3) is 10.9 Å². The Kier molecular flexibility index (Phi) is 6.13. The van der Waals surface area contributed by atoms with Gasteiger partial charge in [-0.2, -0.15) is 0 Å². The third kappa shape index (κ3) is 4.45. The third-order valence-electron chi connectivity index (χ3n) is 5.13. The lowest BCUT2D eigenvalue weighted by Gasteiger charge is -2.12. The topological polar surface area (TPSA) is 76.1 Å². The molecule has 3 aromatic carbocycles. The van der Waals surface area contributed by atoms with Crippen molar-refractivity contribution in [2.75, 3.05) is 7.11 Å². The standard InChI is InChI=1S/C24H20FN3O3S/c1-31-21-5-3-2-4-17(21)14-28-23(30)19-11-8-16(12-20(19)27-24(28)32)22(29)26-13-15-6-9-18(25)10-7-15/h2-12H,13-14H2,1H3,(H,26,29)(H,27,32). The summed E-state index contributed by atoms with van der Waals surface area (Å²) in [7, 11) is 1.57. The molecule has 0 saturated heterocycles. The number of H-pyrrole nitrogens is 1. The molecule has 0 radical (unpaired) electrons. The van der Waals surface area contributed by atoms with Crippen LogP contribution in [0.5, 0.6) is 5.75 Å². The highest BCUT2D eigenvalue weighted by atomic mass is 32.1. The van der Waals surface area contributed by atoms with E-state index in [2.05, 4.69) is 10.3 Å². The van der Waals surface area contributed by atoms with E-state index in [1.807, 2.05) is 24.3 Å². The first-order valence-electron chi connectivity index (χ1n) is 9.87. The van der Waals surface area contributed by atoms with Crippen LogP contribution in [0.2, 0.25) is 0 Å². The normalized spacial score (nSPS) is 10.8. The van der Waals surface area contributed by atoms with Crippen molar-refractivity contribution in [3.05, 3.63) is 104 Å². The Morgan fingerprint density at radius 3 is 2.62 bits per heavy atom. The van der Waals surface area contributed by atoms with E-state index in [0.717, 1.165) is 11.1 Å². The molecule has 0 saturated carbocycles. The molecule has 6 nitrogen and oxygen atoms in total. The molecule has 162 valence electrons. The minimum Gasteiger partial charge on any atom is -0.496 e. The van der Waals surface area contributed by atoms with Crippen LogP contribution in [-0.2, 0) is 13.1 Å². The molecule has 0 fully saturated rings. The number of halogens is 1. The number of carbonyl (C=O) groups excluding carboxylic acids is 1. The van der Waals surface area contributed by atoms with E-state index in [-0.39, 0.29) is 35.1 Å². The van der Waals surface area contributed by atoms with E-state index in [1.165, 1.54) is 16.7 Å². The average molecular weight is 450 g/mol. The molecule has 32 heavy (non-hydrogen) atoms. The van der Waals surface area contributed by atoms with Crippen molar-refractivity contribution >= 4 is 29.0 Å². The molecular weight excluding hydrogens is 429 g/mol. The number of nitrogens with one attached hydrogen (secondary N) is 2. The fraction of sp³-hybridized carbons (Fsp3) is 0.125. The monoisotopic (exact) mass is 449 g/mol. The van der Waals surface area contributed by atoms with Crippen LogP contribution in [0.15, 0.2) is 71.5 Å². The number of hydrogen-bond acceptors (Lipinski definition) is 4. The van der Waals surface area contributed by atoms with E-state index < -0.39 is 0 Å². The lowest BCUT2D eigenvalue weighted by atomic mass is 10.1. The minimum atomic E-state index is -0.332. The summed E-state index contributed by atoms with van der Waals surface area (Å²) in [5, 5.41) is 3.21. The molecule has 0 spiro atoms. The summed E-state index contributed by atoms with van der Waals surface area (Å²) < 4.78 is 20.1. The lowest BCUT2D eigenvalue weighted by molar-refractivity contribution is 0.0951. The first-order chi connectivity index (χ1) is 15.5. The van der Waals surface area contributed by atoms with Gasteiger partial charge in [-0.15, -0.1) is 0 Å². The second kappa shape index (κ2) is 9.15. The highest BCUT2D eigenvalue weighted by molar-refractivity contribution is 7.71. The Balaban J connectivity index is 1.60. The van der Waals surface area contributed by atoms with E-state index in [0.29, 0.717) is 22.2 Å². The van der Waals surface area contributed by atoms with Crippen LogP contribution < -0.4 is 15.6 Å². The number of aromatic nitrogens is 2. The van der Waals surface area contributed by atoms with Crippen molar-refractivity contribution in [1.82, 2.24) is 14.9 Å². The summed E-state index contributed by atoms with van der Waals surface area (Å²) >= 11 is 5.42. The zero-order valence-electron chi connectivity index (χ0n) is 17.2. The van der Waals surface area contributed by atoms with Gasteiger partial charge in [0.25, 0.3) is 11.5 Å². The number of carbonyl (C=O) groups is 1. The molecular formula is C24H20FN3O3S. The minimum absolute atomic E-state index is 0.247. The molecule has 4 aromatic rings. The van der Waals surface area contributed by atoms with E-state index >= 15 is 0 Å². The molecule has 8 heteroatoms. The number of hydrogen-bond donors (Lipinski definition) is 2. The number of fused-ring (bicyclic) bond motifs is 1. The summed E-state index contributed by atoms with van der Waals surface area (Å²) in [4.78, 5) is 28.7. The zero-order valence-corrected chi connectivity index (χ0v) is 18.0. The quantitative estimate of drug-likeness (QED) is 0.433. The maximum absolute atomic E-state index is 13.1. The molecule has 0 aliphatic heterocycles. The number of nitrogens with zero attached hydrogens (tertiary/aromatic N) is 1. The van der Waals surface area contributed by atoms with Gasteiger partial charge in [-0.3, -0.25) is 14.2 Å². The van der Waals surface area contributed by atoms with Crippen molar-refractivity contribution in [3.8, 4) is 5.75 Å². The third-order valence-corrected chi connectivity index (χ3v) is 5.45. The number of para-hydroxylation sites is 1. The van der Waals surface area contributed by atoms with Crippen molar-refractivity contribution < 1.29 is 13.9 Å². The Hall–Kier alpha value is -3.78. The van der Waals surface area contributed by atoms with Gasteiger partial charge in [-0.1, -0.05) is 30.3 Å². The number of methoxy groups -OCH3 is 1. The van der Waals surface area contributed by atoms with Crippen LogP contribution in [0.1, 0.15) is 21.5 Å². The number of benzene rings is 3. The van der Waals surface area contributed by atoms with Gasteiger partial charge in [0.15, 0.2) is 4.77 Å². The molecule has 1 heterocycles. The Labute approximate surface area is 188 Å². The van der Waals surface area contributed by atoms with Gasteiger partial charge < -0.3 is 15.0 Å². The number of aromatic amines is 1. The van der Waals surface area contributed by atoms with Gasteiger partial charge in [-0.05, 0) is 54.2 Å². The fourth-order valence-electron chi connectivity index (χ4n) is 3.43. The van der Waals surface area contributed by atoms with Crippen LogP contribution in [0.4, 0.5) is 4.39 Å². The number of amides is 1. The van der Waals surface area contributed by atoms with E-state index in [4.69, 9.17) is 17.0 Å². The molecule has 1 aromatic heterocycles. The molecule has 0 bridgehead atoms. The zero-order chi connectivity index (χ0) is 22.7. The van der Waals surface area contributed by atoms with Gasteiger partial charge in [0, 0.05) is 17.7 Å². The van der Waals surface area contributed by atoms with Crippen molar-refractivity contribution in [2.24, 2.45) is 0 Å². The second-order valence-electron chi connectivity index (χ2n) is 7.20. The van der Waals surface area contributed by atoms with Crippen LogP contribution >= 0.6 is 12.2 Å². The highest BCUT2D eigenvalue weighted by Crippen LogP contribution is 2.19. The summed E-state index contributed by atoms with van der Waals surface area (Å²) in [6.45, 7) is 0.516. The first kappa shape index (κ1) is 21.5. The molecule has 0 aliphatic carbocycles. The van der Waals surface area contributed by atoms with Crippen molar-refractivity contribution in [2.45, 2.75) is 13.1 Å². The molecule has 2 N–H and O–H groups in total. The molecule has 4 rings (SSSR count). The Morgan fingerprint density at radius 1 is 1.12 bits per heavy atom. The predicted octanol–water partition coefficient (Wildman–Crippen LogP) is 4.19. The average Bonchev–Trinajstić information content (AvgIpc) is 2.81. The largest absolute Gasteiger partial charge is 0.496 e. The van der Waals surface area contributed by atoms with Gasteiger partial charge in [0.05, 0.1) is 24.6 Å². The fourth-order valence-corrected chi connectivity index (χ4v) is 3.69. The number of ether oxygens (including phenoxy) is 1. The Bertz CT molecular complexity index is 1410. The SMILES string of the molecule is COc1ccccc1Cn1c(=S)[nH]c2cc(C(=O)NCc3ccc(F)cc3)ccc2c1=O. The lowest BCUT2D eigenvalue weighted by Crippen LogP contribution is -2.25. The summed E-state index contributed by atoms with van der Waals surface area (Å²) in [5.41, 5.74) is 2.21. The first-order valence-corrected chi connectivity index (χ1v) is 10.3. The summed E-state index contributed by atoms with van der Waals surface area (Å²) in [5.74, 6) is 0.0250. The van der Waals surface area contributed by atoms with E-state index in [1.54, 1.807) is 37.4 Å². The summed E-state index contributed by atoms with van der Waals surface area (Å²) in [6, 6.07) is 18.1. The van der Waals surface area contributed by atoms with Crippen LogP contribution in [-0.4, -0.2) is 22.6 Å². The van der Waals surface area contributed by atoms with Gasteiger partial charge in [0.2, 0.25) is 0 Å². The predicted molar refractivity (Wildman–Crippen MR) is 123 cm³/mol. The summed E-state index contributed by atoms with van der Waals surface area (Å²) in [6.07, 6.45) is 0. The molecule has 0 atom stereocenters. The Morgan fingerprint density at radius 2 is 1.88 bits per heavy atom. The van der Waals surface area contributed by atoms with E-state index in [9.17, 15) is 14.0 Å². The smallest absolute Gasteiger partial charge is 0.262 e. The van der Waals surface area contributed by atoms with Crippen molar-refractivity contribution in [1.29, 1.82) is 0 Å². The van der Waals surface area contributed by atoms with Crippen LogP contribution in [0.3, 0.4) is 0 Å². The van der Waals surface area contributed by atoms with Gasteiger partial charge in [-0.25, -0.2) is 4.39 Å². The van der Waals surface area contributed by atoms with Gasteiger partial charge in [0.1, 0.15) is 11.6 Å². The second-order valence-corrected chi connectivity index (χ2v) is 7.59. The highest BCUT2D eigenvalue weighted by Gasteiger charge is 2.12. The maximum Gasteiger partial charge on any atom is 0.262 e. The molecule has 1 amide bonds. The number of rotatable bonds is 6. The maximum atomic E-state index is 13.1. The molecule has 0 aliphatic rings. The van der Waals surface area contributed by atoms with Gasteiger partial charge >= 0.3 is 0 Å². The van der Waals surface area contributed by atoms with Crippen molar-refractivity contribution in [3.63, 3.8) is 0 Å². The van der Waals surface area contributed by atoms with Crippen LogP contribution in [0, 0.1) is 10.6 Å².